The van der Waals surface area contributed by atoms with Gasteiger partial charge in [-0.1, -0.05) is 0 Å². The smallest absolute Gasteiger partial charge is 0.227 e. The molecule has 0 unspecified atom stereocenters. The van der Waals surface area contributed by atoms with Gasteiger partial charge >= 0.3 is 0 Å². The molecule has 1 saturated carbocycles. The number of aromatic nitrogens is 2. The fraction of sp³-hybridized carbons (Fsp3) is 0.800. The van der Waals surface area contributed by atoms with Crippen molar-refractivity contribution in [3.05, 3.63) is 11.9 Å². The van der Waals surface area contributed by atoms with Crippen molar-refractivity contribution in [2.75, 3.05) is 45.8 Å². The number of methoxy groups -OCH3 is 1. The van der Waals surface area contributed by atoms with E-state index in [1.807, 2.05) is 4.57 Å². The lowest BCUT2D eigenvalue weighted by Crippen LogP contribution is -2.36. The Morgan fingerprint density at radius 1 is 1.35 bits per heavy atom. The van der Waals surface area contributed by atoms with Gasteiger partial charge in [-0.3, -0.25) is 4.90 Å². The van der Waals surface area contributed by atoms with Gasteiger partial charge in [0, 0.05) is 33.3 Å². The Morgan fingerprint density at radius 2 is 2.09 bits per heavy atom. The summed E-state index contributed by atoms with van der Waals surface area (Å²) in [6, 6.07) is 0. The van der Waals surface area contributed by atoms with Gasteiger partial charge in [0.2, 0.25) is 15.0 Å². The summed E-state index contributed by atoms with van der Waals surface area (Å²) in [6.45, 7) is 4.84. The Morgan fingerprint density at radius 3 is 2.74 bits per heavy atom. The molecule has 1 aliphatic carbocycles. The molecule has 0 radical (unpaired) electrons. The van der Waals surface area contributed by atoms with Gasteiger partial charge < -0.3 is 14.0 Å². The highest BCUT2D eigenvalue weighted by Crippen LogP contribution is 2.32. The minimum Gasteiger partial charge on any atom is -0.383 e. The minimum atomic E-state index is -3.32. The highest BCUT2D eigenvalue weighted by Gasteiger charge is 2.32. The van der Waals surface area contributed by atoms with Gasteiger partial charge in [0.25, 0.3) is 0 Å². The maximum absolute atomic E-state index is 12.6. The zero-order chi connectivity index (χ0) is 16.3. The molecule has 2 aliphatic rings. The predicted octanol–water partition coefficient (Wildman–Crippen LogP) is 0.545. The van der Waals surface area contributed by atoms with Crippen LogP contribution in [0.3, 0.4) is 0 Å². The summed E-state index contributed by atoms with van der Waals surface area (Å²) in [5, 5.41) is 0.199. The maximum atomic E-state index is 12.6. The van der Waals surface area contributed by atoms with Crippen LogP contribution in [0.1, 0.15) is 18.5 Å². The zero-order valence-electron chi connectivity index (χ0n) is 13.6. The van der Waals surface area contributed by atoms with E-state index in [4.69, 9.17) is 9.47 Å². The van der Waals surface area contributed by atoms with E-state index in [0.29, 0.717) is 25.6 Å². The Hall–Kier alpha value is -0.960. The Labute approximate surface area is 137 Å². The number of rotatable bonds is 8. The molecule has 0 aromatic carbocycles. The molecular weight excluding hydrogens is 318 g/mol. The van der Waals surface area contributed by atoms with Crippen molar-refractivity contribution in [1.29, 1.82) is 0 Å². The Balaban J connectivity index is 1.80. The normalized spacial score (nSPS) is 20.0. The van der Waals surface area contributed by atoms with Crippen molar-refractivity contribution in [1.82, 2.24) is 14.5 Å². The molecule has 0 amide bonds. The first-order valence-corrected chi connectivity index (χ1v) is 9.81. The highest BCUT2D eigenvalue weighted by atomic mass is 32.2. The quantitative estimate of drug-likeness (QED) is 0.686. The SMILES string of the molecule is COCCn1c(CN2CCOCC2)cnc1S(=O)(=O)CC1CC1. The molecule has 1 aromatic heterocycles. The molecule has 0 bridgehead atoms. The van der Waals surface area contributed by atoms with E-state index >= 15 is 0 Å². The summed E-state index contributed by atoms with van der Waals surface area (Å²) in [5.41, 5.74) is 0.929. The fourth-order valence-corrected chi connectivity index (χ4v) is 4.71. The molecule has 2 fully saturated rings. The largest absolute Gasteiger partial charge is 0.383 e. The third-order valence-corrected chi connectivity index (χ3v) is 6.13. The first-order valence-electron chi connectivity index (χ1n) is 8.16. The van der Waals surface area contributed by atoms with Crippen molar-refractivity contribution < 1.29 is 17.9 Å². The van der Waals surface area contributed by atoms with Gasteiger partial charge in [-0.2, -0.15) is 0 Å². The third kappa shape index (κ3) is 4.32. The van der Waals surface area contributed by atoms with Gasteiger partial charge in [0.1, 0.15) is 0 Å². The first kappa shape index (κ1) is 16.9. The minimum absolute atomic E-state index is 0.199. The molecule has 7 nitrogen and oxygen atoms in total. The lowest BCUT2D eigenvalue weighted by Gasteiger charge is -2.26. The van der Waals surface area contributed by atoms with E-state index in [9.17, 15) is 8.42 Å². The lowest BCUT2D eigenvalue weighted by atomic mass is 10.3. The standard InChI is InChI=1S/C15H25N3O4S/c1-21-7-6-18-14(11-17-4-8-22-9-5-17)10-16-15(18)23(19,20)12-13-2-3-13/h10,13H,2-9,11-12H2,1H3. The van der Waals surface area contributed by atoms with Crippen LogP contribution in [0.4, 0.5) is 0 Å². The summed E-state index contributed by atoms with van der Waals surface area (Å²) in [5.74, 6) is 0.531. The van der Waals surface area contributed by atoms with Crippen LogP contribution in [0.15, 0.2) is 11.4 Å². The van der Waals surface area contributed by atoms with Crippen LogP contribution >= 0.6 is 0 Å². The number of sulfone groups is 1. The number of nitrogens with zero attached hydrogens (tertiary/aromatic N) is 3. The fourth-order valence-electron chi connectivity index (χ4n) is 2.85. The van der Waals surface area contributed by atoms with E-state index in [1.165, 1.54) is 0 Å². The van der Waals surface area contributed by atoms with Crippen LogP contribution in [-0.2, 0) is 32.4 Å². The van der Waals surface area contributed by atoms with Crippen LogP contribution in [0.2, 0.25) is 0 Å². The topological polar surface area (TPSA) is 73.7 Å². The van der Waals surface area contributed by atoms with Crippen LogP contribution < -0.4 is 0 Å². The van der Waals surface area contributed by atoms with Crippen molar-refractivity contribution in [3.8, 4) is 0 Å². The molecule has 23 heavy (non-hydrogen) atoms. The summed E-state index contributed by atoms with van der Waals surface area (Å²) in [7, 11) is -1.70. The molecule has 3 rings (SSSR count). The van der Waals surface area contributed by atoms with Crippen LogP contribution in [-0.4, -0.2) is 68.6 Å². The molecule has 0 spiro atoms. The van der Waals surface area contributed by atoms with E-state index in [2.05, 4.69) is 9.88 Å². The molecule has 0 atom stereocenters. The monoisotopic (exact) mass is 343 g/mol. The van der Waals surface area contributed by atoms with Crippen LogP contribution in [0.5, 0.6) is 0 Å². The van der Waals surface area contributed by atoms with Gasteiger partial charge in [0.15, 0.2) is 0 Å². The van der Waals surface area contributed by atoms with E-state index in [0.717, 1.165) is 44.8 Å². The zero-order valence-corrected chi connectivity index (χ0v) is 14.4. The summed E-state index contributed by atoms with van der Waals surface area (Å²) in [4.78, 5) is 6.51. The van der Waals surface area contributed by atoms with Gasteiger partial charge in [-0.25, -0.2) is 13.4 Å². The maximum Gasteiger partial charge on any atom is 0.227 e. The van der Waals surface area contributed by atoms with E-state index < -0.39 is 9.84 Å². The molecular formula is C15H25N3O4S. The third-order valence-electron chi connectivity index (χ3n) is 4.34. The lowest BCUT2D eigenvalue weighted by molar-refractivity contribution is 0.0329. The van der Waals surface area contributed by atoms with E-state index in [1.54, 1.807) is 13.3 Å². The van der Waals surface area contributed by atoms with Crippen molar-refractivity contribution in [2.45, 2.75) is 31.1 Å². The number of ether oxygens (including phenoxy) is 2. The number of morpholine rings is 1. The second-order valence-electron chi connectivity index (χ2n) is 6.29. The number of imidazole rings is 1. The Bertz CT molecular complexity index is 619. The molecule has 1 aromatic rings. The van der Waals surface area contributed by atoms with Crippen LogP contribution in [0.25, 0.3) is 0 Å². The van der Waals surface area contributed by atoms with Crippen LogP contribution in [0, 0.1) is 5.92 Å². The molecule has 130 valence electrons. The van der Waals surface area contributed by atoms with Gasteiger partial charge in [0.05, 0.1) is 37.5 Å². The summed E-state index contributed by atoms with van der Waals surface area (Å²) < 4.78 is 37.6. The Kier molecular flexibility index (Phi) is 5.35. The molecule has 1 saturated heterocycles. The summed E-state index contributed by atoms with van der Waals surface area (Å²) >= 11 is 0. The second kappa shape index (κ2) is 7.29. The highest BCUT2D eigenvalue weighted by molar-refractivity contribution is 7.91. The average Bonchev–Trinajstić information content (AvgIpc) is 3.24. The first-order chi connectivity index (χ1) is 11.1. The molecule has 0 N–H and O–H groups in total. The molecule has 2 heterocycles. The number of hydrogen-bond acceptors (Lipinski definition) is 6. The molecule has 1 aliphatic heterocycles. The van der Waals surface area contributed by atoms with Crippen molar-refractivity contribution in [2.24, 2.45) is 5.92 Å². The van der Waals surface area contributed by atoms with Crippen molar-refractivity contribution in [3.63, 3.8) is 0 Å². The molecule has 8 heteroatoms. The average molecular weight is 343 g/mol. The van der Waals surface area contributed by atoms with Crippen molar-refractivity contribution >= 4 is 9.84 Å². The predicted molar refractivity (Wildman–Crippen MR) is 85.0 cm³/mol. The second-order valence-corrected chi connectivity index (χ2v) is 8.22. The number of hydrogen-bond donors (Lipinski definition) is 0. The summed E-state index contributed by atoms with van der Waals surface area (Å²) in [6.07, 6.45) is 3.72. The van der Waals surface area contributed by atoms with E-state index in [-0.39, 0.29) is 10.9 Å². The van der Waals surface area contributed by atoms with Gasteiger partial charge in [-0.05, 0) is 18.8 Å². The van der Waals surface area contributed by atoms with Gasteiger partial charge in [-0.15, -0.1) is 0 Å².